The van der Waals surface area contributed by atoms with Gasteiger partial charge in [-0.15, -0.1) is 0 Å². The van der Waals surface area contributed by atoms with Gasteiger partial charge in [-0.05, 0) is 50.3 Å². The van der Waals surface area contributed by atoms with Crippen molar-refractivity contribution in [3.63, 3.8) is 0 Å². The van der Waals surface area contributed by atoms with Crippen molar-refractivity contribution in [2.75, 3.05) is 7.05 Å². The van der Waals surface area contributed by atoms with Crippen LogP contribution < -0.4 is 0 Å². The molecule has 0 spiro atoms. The number of hydrogen-bond donors (Lipinski definition) is 0. The average Bonchev–Trinajstić information content (AvgIpc) is 2.83. The van der Waals surface area contributed by atoms with Gasteiger partial charge in [0.25, 0.3) is 0 Å². The largest absolute Gasteiger partial charge is 0.293 e. The Morgan fingerprint density at radius 2 is 2.06 bits per heavy atom. The lowest BCUT2D eigenvalue weighted by molar-refractivity contribution is 0.189. The Hall–Kier alpha value is -1.08. The van der Waals surface area contributed by atoms with Crippen LogP contribution in [0.3, 0.4) is 0 Å². The summed E-state index contributed by atoms with van der Waals surface area (Å²) in [4.78, 5) is 2.58. The number of hydrogen-bond acceptors (Lipinski definition) is 1. The quantitative estimate of drug-likeness (QED) is 0.696. The van der Waals surface area contributed by atoms with Gasteiger partial charge in [-0.1, -0.05) is 36.4 Å². The van der Waals surface area contributed by atoms with E-state index in [4.69, 9.17) is 0 Å². The Bertz CT molecular complexity index is 421. The molecule has 2 atom stereocenters. The smallest absolute Gasteiger partial charge is 0.0356 e. The lowest BCUT2D eigenvalue weighted by Crippen LogP contribution is -2.33. The number of allylic oxidation sites excluding steroid dienone is 1. The molecule has 0 aliphatic heterocycles. The molecule has 3 rings (SSSR count). The van der Waals surface area contributed by atoms with Crippen molar-refractivity contribution in [2.45, 2.75) is 44.2 Å². The van der Waals surface area contributed by atoms with Crippen molar-refractivity contribution < 1.29 is 0 Å². The molecule has 1 heteroatoms. The van der Waals surface area contributed by atoms with Crippen molar-refractivity contribution in [3.05, 3.63) is 47.5 Å². The van der Waals surface area contributed by atoms with Gasteiger partial charge in [0.1, 0.15) is 0 Å². The summed E-state index contributed by atoms with van der Waals surface area (Å²) < 4.78 is 0. The van der Waals surface area contributed by atoms with Gasteiger partial charge in [-0.3, -0.25) is 4.90 Å². The lowest BCUT2D eigenvalue weighted by Gasteiger charge is -2.33. The molecule has 0 N–H and O–H groups in total. The SMILES string of the molecule is CN(C1C=CCCC1)C1CCc2ccccc21. The van der Waals surface area contributed by atoms with E-state index in [-0.39, 0.29) is 0 Å². The molecular formula is C16H21N. The third kappa shape index (κ3) is 2.04. The fourth-order valence-electron chi connectivity index (χ4n) is 3.32. The minimum Gasteiger partial charge on any atom is -0.293 e. The first-order chi connectivity index (χ1) is 8.36. The van der Waals surface area contributed by atoms with Crippen LogP contribution >= 0.6 is 0 Å². The summed E-state index contributed by atoms with van der Waals surface area (Å²) in [6, 6.07) is 10.2. The van der Waals surface area contributed by atoms with Crippen LogP contribution in [0, 0.1) is 0 Å². The molecule has 2 aliphatic carbocycles. The van der Waals surface area contributed by atoms with Crippen LogP contribution in [0.25, 0.3) is 0 Å². The molecular weight excluding hydrogens is 206 g/mol. The molecule has 0 heterocycles. The van der Waals surface area contributed by atoms with Gasteiger partial charge in [0.15, 0.2) is 0 Å². The van der Waals surface area contributed by atoms with E-state index in [1.165, 1.54) is 32.1 Å². The van der Waals surface area contributed by atoms with E-state index in [1.54, 1.807) is 11.1 Å². The molecule has 17 heavy (non-hydrogen) atoms. The molecule has 0 radical (unpaired) electrons. The molecule has 90 valence electrons. The van der Waals surface area contributed by atoms with Crippen molar-refractivity contribution in [1.82, 2.24) is 4.90 Å². The molecule has 2 unspecified atom stereocenters. The van der Waals surface area contributed by atoms with Gasteiger partial charge in [0.2, 0.25) is 0 Å². The zero-order valence-corrected chi connectivity index (χ0v) is 10.6. The van der Waals surface area contributed by atoms with Crippen LogP contribution in [0.5, 0.6) is 0 Å². The number of likely N-dealkylation sites (N-methyl/N-ethyl adjacent to an activating group) is 1. The molecule has 1 aromatic carbocycles. The van der Waals surface area contributed by atoms with Crippen LogP contribution in [0.4, 0.5) is 0 Å². The Labute approximate surface area is 104 Å². The van der Waals surface area contributed by atoms with Gasteiger partial charge < -0.3 is 0 Å². The zero-order valence-electron chi connectivity index (χ0n) is 10.6. The molecule has 0 aromatic heterocycles. The Kier molecular flexibility index (Phi) is 3.02. The van der Waals surface area contributed by atoms with Crippen molar-refractivity contribution in [3.8, 4) is 0 Å². The van der Waals surface area contributed by atoms with Gasteiger partial charge in [0.05, 0.1) is 0 Å². The summed E-state index contributed by atoms with van der Waals surface area (Å²) in [5, 5.41) is 0. The third-order valence-electron chi connectivity index (χ3n) is 4.34. The van der Waals surface area contributed by atoms with E-state index in [0.717, 1.165) is 0 Å². The maximum Gasteiger partial charge on any atom is 0.0356 e. The monoisotopic (exact) mass is 227 g/mol. The highest BCUT2D eigenvalue weighted by Gasteiger charge is 2.28. The van der Waals surface area contributed by atoms with Crippen molar-refractivity contribution >= 4 is 0 Å². The first kappa shape index (κ1) is 11.0. The maximum atomic E-state index is 2.58. The molecule has 0 amide bonds. The summed E-state index contributed by atoms with van der Waals surface area (Å²) in [6.07, 6.45) is 11.2. The average molecular weight is 227 g/mol. The molecule has 1 nitrogen and oxygen atoms in total. The Balaban J connectivity index is 1.81. The van der Waals surface area contributed by atoms with E-state index in [9.17, 15) is 0 Å². The standard InChI is InChI=1S/C16H21N/c1-17(14-8-3-2-4-9-14)16-12-11-13-7-5-6-10-15(13)16/h3,5-8,10,14,16H,2,4,9,11-12H2,1H3. The van der Waals surface area contributed by atoms with E-state index >= 15 is 0 Å². The van der Waals surface area contributed by atoms with Crippen LogP contribution in [0.2, 0.25) is 0 Å². The summed E-state index contributed by atoms with van der Waals surface area (Å²) >= 11 is 0. The number of nitrogens with zero attached hydrogens (tertiary/aromatic N) is 1. The predicted octanol–water partition coefficient (Wildman–Crippen LogP) is 3.71. The molecule has 2 aliphatic rings. The van der Waals surface area contributed by atoms with Gasteiger partial charge in [0, 0.05) is 12.1 Å². The van der Waals surface area contributed by atoms with Crippen molar-refractivity contribution in [2.24, 2.45) is 0 Å². The minimum absolute atomic E-state index is 0.638. The molecule has 0 fully saturated rings. The van der Waals surface area contributed by atoms with Crippen LogP contribution in [0.15, 0.2) is 36.4 Å². The van der Waals surface area contributed by atoms with Crippen LogP contribution in [0.1, 0.15) is 42.9 Å². The topological polar surface area (TPSA) is 3.24 Å². The normalized spacial score (nSPS) is 27.4. The summed E-state index contributed by atoms with van der Waals surface area (Å²) in [6.45, 7) is 0. The second kappa shape index (κ2) is 4.66. The van der Waals surface area contributed by atoms with Crippen LogP contribution in [-0.2, 0) is 6.42 Å². The zero-order chi connectivity index (χ0) is 11.7. The maximum absolute atomic E-state index is 2.58. The van der Waals surface area contributed by atoms with Crippen LogP contribution in [-0.4, -0.2) is 18.0 Å². The second-order valence-corrected chi connectivity index (χ2v) is 5.35. The molecule has 1 aromatic rings. The van der Waals surface area contributed by atoms with Gasteiger partial charge in [-0.2, -0.15) is 0 Å². The van der Waals surface area contributed by atoms with E-state index in [0.29, 0.717) is 12.1 Å². The van der Waals surface area contributed by atoms with Crippen molar-refractivity contribution in [1.29, 1.82) is 0 Å². The Morgan fingerprint density at radius 3 is 2.88 bits per heavy atom. The summed E-state index contributed by atoms with van der Waals surface area (Å²) in [5.74, 6) is 0. The third-order valence-corrected chi connectivity index (χ3v) is 4.34. The number of fused-ring (bicyclic) bond motifs is 1. The first-order valence-corrected chi connectivity index (χ1v) is 6.82. The fourth-order valence-corrected chi connectivity index (χ4v) is 3.32. The number of benzene rings is 1. The molecule has 0 saturated heterocycles. The van der Waals surface area contributed by atoms with Gasteiger partial charge in [-0.25, -0.2) is 0 Å². The second-order valence-electron chi connectivity index (χ2n) is 5.35. The number of aryl methyl sites for hydroxylation is 1. The fraction of sp³-hybridized carbons (Fsp3) is 0.500. The number of rotatable bonds is 2. The molecule has 0 saturated carbocycles. The lowest BCUT2D eigenvalue weighted by atomic mass is 9.98. The first-order valence-electron chi connectivity index (χ1n) is 6.82. The highest BCUT2D eigenvalue weighted by atomic mass is 15.2. The minimum atomic E-state index is 0.638. The van der Waals surface area contributed by atoms with E-state index in [1.807, 2.05) is 0 Å². The highest BCUT2D eigenvalue weighted by molar-refractivity contribution is 5.34. The van der Waals surface area contributed by atoms with E-state index in [2.05, 4.69) is 48.4 Å². The van der Waals surface area contributed by atoms with E-state index < -0.39 is 0 Å². The molecule has 0 bridgehead atoms. The Morgan fingerprint density at radius 1 is 1.18 bits per heavy atom. The summed E-state index contributed by atoms with van der Waals surface area (Å²) in [5.41, 5.74) is 3.12. The van der Waals surface area contributed by atoms with Gasteiger partial charge >= 0.3 is 0 Å². The predicted molar refractivity (Wildman–Crippen MR) is 72.0 cm³/mol. The summed E-state index contributed by atoms with van der Waals surface area (Å²) in [7, 11) is 2.30. The highest BCUT2D eigenvalue weighted by Crippen LogP contribution is 2.37.